The van der Waals surface area contributed by atoms with Crippen molar-refractivity contribution in [1.29, 1.82) is 0 Å². The van der Waals surface area contributed by atoms with E-state index >= 15 is 0 Å². The van der Waals surface area contributed by atoms with Crippen LogP contribution in [0.5, 0.6) is 17.2 Å². The molecule has 36 heavy (non-hydrogen) atoms. The molecular formula is C25H23FN6O4. The Morgan fingerprint density at radius 3 is 2.50 bits per heavy atom. The van der Waals surface area contributed by atoms with Crippen molar-refractivity contribution in [3.05, 3.63) is 90.0 Å². The molecule has 4 aromatic rings. The predicted octanol–water partition coefficient (Wildman–Crippen LogP) is 3.42. The molecule has 1 heterocycles. The van der Waals surface area contributed by atoms with Gasteiger partial charge in [-0.3, -0.25) is 4.79 Å². The maximum Gasteiger partial charge on any atom is 0.271 e. The van der Waals surface area contributed by atoms with Crippen molar-refractivity contribution >= 4 is 12.1 Å². The van der Waals surface area contributed by atoms with Gasteiger partial charge < -0.3 is 14.2 Å². The van der Waals surface area contributed by atoms with Crippen LogP contribution in [0.3, 0.4) is 0 Å². The molecule has 4 rings (SSSR count). The van der Waals surface area contributed by atoms with Gasteiger partial charge in [-0.1, -0.05) is 0 Å². The van der Waals surface area contributed by atoms with Crippen LogP contribution < -0.4 is 19.6 Å². The van der Waals surface area contributed by atoms with Crippen LogP contribution in [0.1, 0.15) is 22.8 Å². The van der Waals surface area contributed by atoms with Crippen LogP contribution in [-0.4, -0.2) is 52.1 Å². The number of nitrogens with zero attached hydrogens (tertiary/aromatic N) is 5. The van der Waals surface area contributed by atoms with Crippen LogP contribution >= 0.6 is 0 Å². The molecule has 0 bridgehead atoms. The Balaban J connectivity index is 1.30. The Labute approximate surface area is 206 Å². The van der Waals surface area contributed by atoms with Gasteiger partial charge in [0.25, 0.3) is 5.91 Å². The molecular weight excluding hydrogens is 467 g/mol. The summed E-state index contributed by atoms with van der Waals surface area (Å²) >= 11 is 0. The van der Waals surface area contributed by atoms with Gasteiger partial charge in [-0.05, 0) is 89.6 Å². The first kappa shape index (κ1) is 24.3. The molecule has 0 saturated carbocycles. The molecule has 184 valence electrons. The Morgan fingerprint density at radius 2 is 1.78 bits per heavy atom. The molecule has 1 N–H and O–H groups in total. The van der Waals surface area contributed by atoms with Crippen molar-refractivity contribution in [3.8, 4) is 22.9 Å². The fraction of sp³-hybridized carbons (Fsp3) is 0.160. The van der Waals surface area contributed by atoms with Crippen LogP contribution in [0.25, 0.3) is 5.69 Å². The van der Waals surface area contributed by atoms with Crippen molar-refractivity contribution in [2.75, 3.05) is 19.8 Å². The van der Waals surface area contributed by atoms with E-state index in [1.54, 1.807) is 54.6 Å². The van der Waals surface area contributed by atoms with Gasteiger partial charge in [0, 0.05) is 5.56 Å². The number of amides is 1. The summed E-state index contributed by atoms with van der Waals surface area (Å²) < 4.78 is 31.4. The minimum Gasteiger partial charge on any atom is -0.490 e. The van der Waals surface area contributed by atoms with Crippen LogP contribution in [0.2, 0.25) is 0 Å². The van der Waals surface area contributed by atoms with Crippen LogP contribution in [0.15, 0.2) is 78.2 Å². The van der Waals surface area contributed by atoms with Gasteiger partial charge in [0.15, 0.2) is 11.5 Å². The molecule has 11 heteroatoms. The number of benzene rings is 3. The van der Waals surface area contributed by atoms with Gasteiger partial charge in [0.2, 0.25) is 0 Å². The molecule has 1 amide bonds. The summed E-state index contributed by atoms with van der Waals surface area (Å²) in [7, 11) is 0. The topological polar surface area (TPSA) is 113 Å². The number of carbonyl (C=O) groups is 1. The third-order valence-corrected chi connectivity index (χ3v) is 4.81. The number of hydrogen-bond acceptors (Lipinski definition) is 8. The van der Waals surface area contributed by atoms with Crippen molar-refractivity contribution in [2.45, 2.75) is 6.92 Å². The summed E-state index contributed by atoms with van der Waals surface area (Å²) in [6, 6.07) is 17.8. The number of carbonyl (C=O) groups excluding carboxylic acids is 1. The molecule has 0 radical (unpaired) electrons. The van der Waals surface area contributed by atoms with Gasteiger partial charge in [-0.25, -0.2) is 14.5 Å². The average molecular weight is 490 g/mol. The van der Waals surface area contributed by atoms with Crippen LogP contribution in [-0.2, 0) is 0 Å². The van der Waals surface area contributed by atoms with E-state index in [1.807, 2.05) is 6.92 Å². The van der Waals surface area contributed by atoms with E-state index in [0.717, 1.165) is 5.69 Å². The Hall–Kier alpha value is -4.80. The lowest BCUT2D eigenvalue weighted by Crippen LogP contribution is -2.17. The van der Waals surface area contributed by atoms with E-state index in [1.165, 1.54) is 29.4 Å². The first-order chi connectivity index (χ1) is 17.6. The third kappa shape index (κ3) is 6.63. The minimum absolute atomic E-state index is 0.271. The van der Waals surface area contributed by atoms with Crippen molar-refractivity contribution in [1.82, 2.24) is 25.6 Å². The number of hydrogen-bond donors (Lipinski definition) is 1. The Bertz CT molecular complexity index is 1300. The highest BCUT2D eigenvalue weighted by molar-refractivity contribution is 5.95. The SMILES string of the molecule is CCOc1cc(/C=N/NC(=O)c2ccc(-n3cnnn3)cc2)ccc1OCCOc1ccc(F)cc1. The average Bonchev–Trinajstić information content (AvgIpc) is 3.44. The zero-order valence-corrected chi connectivity index (χ0v) is 19.4. The second-order valence-electron chi connectivity index (χ2n) is 7.29. The normalized spacial score (nSPS) is 10.8. The Kier molecular flexibility index (Phi) is 8.15. The standard InChI is InChI=1S/C25H23FN6O4/c1-2-34-24-15-18(3-12-23(24)36-14-13-35-22-10-6-20(26)7-11-22)16-27-29-25(33)19-4-8-21(9-5-19)32-17-28-30-31-32/h3-12,15-17H,2,13-14H2,1H3,(H,29,33)/b27-16+. The lowest BCUT2D eigenvalue weighted by atomic mass is 10.2. The fourth-order valence-corrected chi connectivity index (χ4v) is 3.11. The second kappa shape index (κ2) is 12.1. The summed E-state index contributed by atoms with van der Waals surface area (Å²) in [5.41, 5.74) is 4.38. The summed E-state index contributed by atoms with van der Waals surface area (Å²) in [4.78, 5) is 12.4. The number of ether oxygens (including phenoxy) is 3. The summed E-state index contributed by atoms with van der Waals surface area (Å²) in [6.45, 7) is 2.86. The number of nitrogens with one attached hydrogen (secondary N) is 1. The molecule has 0 aliphatic carbocycles. The van der Waals surface area contributed by atoms with Crippen molar-refractivity contribution in [3.63, 3.8) is 0 Å². The number of halogens is 1. The zero-order chi connectivity index (χ0) is 25.2. The van der Waals surface area contributed by atoms with E-state index < -0.39 is 0 Å². The van der Waals surface area contributed by atoms with Crippen molar-refractivity contribution in [2.24, 2.45) is 5.10 Å². The fourth-order valence-electron chi connectivity index (χ4n) is 3.11. The lowest BCUT2D eigenvalue weighted by Gasteiger charge is -2.13. The molecule has 0 spiro atoms. The second-order valence-corrected chi connectivity index (χ2v) is 7.29. The highest BCUT2D eigenvalue weighted by Crippen LogP contribution is 2.28. The molecule has 0 fully saturated rings. The number of hydrazone groups is 1. The lowest BCUT2D eigenvalue weighted by molar-refractivity contribution is 0.0955. The predicted molar refractivity (Wildman–Crippen MR) is 129 cm³/mol. The summed E-state index contributed by atoms with van der Waals surface area (Å²) in [5.74, 6) is 0.957. The summed E-state index contributed by atoms with van der Waals surface area (Å²) in [6.07, 6.45) is 2.98. The molecule has 3 aromatic carbocycles. The van der Waals surface area contributed by atoms with E-state index in [9.17, 15) is 9.18 Å². The van der Waals surface area contributed by atoms with Gasteiger partial charge >= 0.3 is 0 Å². The first-order valence-corrected chi connectivity index (χ1v) is 11.1. The smallest absolute Gasteiger partial charge is 0.271 e. The zero-order valence-electron chi connectivity index (χ0n) is 19.4. The van der Waals surface area contributed by atoms with Crippen LogP contribution in [0, 0.1) is 5.82 Å². The molecule has 0 aliphatic rings. The third-order valence-electron chi connectivity index (χ3n) is 4.81. The van der Waals surface area contributed by atoms with Gasteiger partial charge in [-0.15, -0.1) is 5.10 Å². The van der Waals surface area contributed by atoms with Gasteiger partial charge in [-0.2, -0.15) is 5.10 Å². The van der Waals surface area contributed by atoms with Gasteiger partial charge in [0.05, 0.1) is 18.5 Å². The largest absolute Gasteiger partial charge is 0.490 e. The summed E-state index contributed by atoms with van der Waals surface area (Å²) in [5, 5.41) is 15.0. The molecule has 0 unspecified atom stereocenters. The first-order valence-electron chi connectivity index (χ1n) is 11.1. The van der Waals surface area contributed by atoms with E-state index in [-0.39, 0.29) is 24.9 Å². The quantitative estimate of drug-likeness (QED) is 0.195. The maximum atomic E-state index is 13.0. The number of tetrazole rings is 1. The molecule has 0 saturated heterocycles. The highest BCUT2D eigenvalue weighted by Gasteiger charge is 2.08. The van der Waals surface area contributed by atoms with Gasteiger partial charge in [0.1, 0.15) is 31.1 Å². The Morgan fingerprint density at radius 1 is 1.00 bits per heavy atom. The number of aromatic nitrogens is 4. The van der Waals surface area contributed by atoms with E-state index in [4.69, 9.17) is 14.2 Å². The monoisotopic (exact) mass is 490 g/mol. The van der Waals surface area contributed by atoms with Crippen LogP contribution in [0.4, 0.5) is 4.39 Å². The minimum atomic E-state index is -0.361. The van der Waals surface area contributed by atoms with E-state index in [0.29, 0.717) is 35.0 Å². The molecule has 10 nitrogen and oxygen atoms in total. The molecule has 0 aliphatic heterocycles. The molecule has 0 atom stereocenters. The highest BCUT2D eigenvalue weighted by atomic mass is 19.1. The van der Waals surface area contributed by atoms with E-state index in [2.05, 4.69) is 26.1 Å². The molecule has 1 aromatic heterocycles. The van der Waals surface area contributed by atoms with Crippen molar-refractivity contribution < 1.29 is 23.4 Å². The number of rotatable bonds is 11. The maximum absolute atomic E-state index is 13.0.